The fourth-order valence-electron chi connectivity index (χ4n) is 2.71. The van der Waals surface area contributed by atoms with E-state index in [-0.39, 0.29) is 13.2 Å². The van der Waals surface area contributed by atoms with Crippen LogP contribution in [0.5, 0.6) is 11.6 Å². The summed E-state index contributed by atoms with van der Waals surface area (Å²) >= 11 is 3.32. The van der Waals surface area contributed by atoms with E-state index < -0.39 is 6.10 Å². The van der Waals surface area contributed by atoms with Crippen LogP contribution in [0.4, 0.5) is 11.6 Å². The van der Waals surface area contributed by atoms with Crippen LogP contribution in [0.2, 0.25) is 0 Å². The molecule has 0 saturated carbocycles. The number of halogens is 1. The highest BCUT2D eigenvalue weighted by Gasteiger charge is 2.15. The van der Waals surface area contributed by atoms with Gasteiger partial charge in [-0.05, 0) is 40.2 Å². The number of morpholine rings is 1. The van der Waals surface area contributed by atoms with Gasteiger partial charge in [0, 0.05) is 25.3 Å². The molecule has 0 bridgehead atoms. The van der Waals surface area contributed by atoms with E-state index >= 15 is 0 Å². The van der Waals surface area contributed by atoms with Crippen LogP contribution in [0, 0.1) is 12.3 Å². The van der Waals surface area contributed by atoms with E-state index in [1.807, 2.05) is 24.3 Å². The predicted molar refractivity (Wildman–Crippen MR) is 113 cm³/mol. The van der Waals surface area contributed by atoms with Crippen LogP contribution in [0.1, 0.15) is 0 Å². The summed E-state index contributed by atoms with van der Waals surface area (Å²) in [6, 6.07) is 7.32. The van der Waals surface area contributed by atoms with Crippen molar-refractivity contribution < 1.29 is 19.3 Å². The summed E-state index contributed by atoms with van der Waals surface area (Å²) in [5, 5.41) is 13.3. The van der Waals surface area contributed by atoms with E-state index in [1.54, 1.807) is 6.20 Å². The molecule has 1 aliphatic heterocycles. The molecule has 0 spiro atoms. The maximum Gasteiger partial charge on any atom is 0.233 e. The predicted octanol–water partition coefficient (Wildman–Crippen LogP) is 2.07. The van der Waals surface area contributed by atoms with Crippen LogP contribution in [-0.2, 0) is 4.74 Å². The van der Waals surface area contributed by atoms with Crippen LogP contribution in [0.25, 0.3) is 0 Å². The highest BCUT2D eigenvalue weighted by molar-refractivity contribution is 9.10. The average molecular weight is 463 g/mol. The van der Waals surface area contributed by atoms with Crippen molar-refractivity contribution in [2.24, 2.45) is 0 Å². The second kappa shape index (κ2) is 11.0. The fraction of sp³-hybridized carbons (Fsp3) is 0.400. The fourth-order valence-corrected chi connectivity index (χ4v) is 3.02. The van der Waals surface area contributed by atoms with Crippen molar-refractivity contribution in [3.8, 4) is 24.0 Å². The first kappa shape index (κ1) is 21.3. The lowest BCUT2D eigenvalue weighted by atomic mass is 10.3. The Kier molecular flexibility index (Phi) is 8.07. The van der Waals surface area contributed by atoms with E-state index in [9.17, 15) is 5.11 Å². The third-order valence-corrected chi connectivity index (χ3v) is 4.67. The number of ether oxygens (including phenoxy) is 3. The monoisotopic (exact) mass is 462 g/mol. The van der Waals surface area contributed by atoms with E-state index in [0.29, 0.717) is 41.8 Å². The van der Waals surface area contributed by atoms with Gasteiger partial charge in [-0.2, -0.15) is 4.98 Å². The van der Waals surface area contributed by atoms with Crippen LogP contribution in [0.3, 0.4) is 0 Å². The Morgan fingerprint density at radius 1 is 1.28 bits per heavy atom. The number of aliphatic hydroxyl groups excluding tert-OH is 1. The number of aromatic nitrogens is 2. The third-order valence-electron chi connectivity index (χ3n) is 4.13. The molecule has 1 aliphatic rings. The minimum Gasteiger partial charge on any atom is -0.491 e. The van der Waals surface area contributed by atoms with Gasteiger partial charge < -0.3 is 24.6 Å². The summed E-state index contributed by atoms with van der Waals surface area (Å²) in [7, 11) is 0. The van der Waals surface area contributed by atoms with Crippen LogP contribution in [-0.4, -0.2) is 72.1 Å². The number of aliphatic hydroxyl groups is 1. The molecule has 1 unspecified atom stereocenters. The van der Waals surface area contributed by atoms with Gasteiger partial charge in [-0.3, -0.25) is 4.90 Å². The Morgan fingerprint density at radius 2 is 2.03 bits per heavy atom. The second-order valence-corrected chi connectivity index (χ2v) is 7.22. The summed E-state index contributed by atoms with van der Waals surface area (Å²) in [6.07, 6.45) is 6.25. The number of terminal acetylenes is 1. The molecule has 3 rings (SSSR count). The molecule has 9 heteroatoms. The maximum atomic E-state index is 10.2. The molecule has 29 heavy (non-hydrogen) atoms. The number of β-amino-alcohol motifs (C(OH)–C–C–N with tert-alkyl or cyclic N) is 1. The zero-order valence-electron chi connectivity index (χ0n) is 15.9. The molecule has 154 valence electrons. The summed E-state index contributed by atoms with van der Waals surface area (Å²) in [6.45, 7) is 4.03. The summed E-state index contributed by atoms with van der Waals surface area (Å²) < 4.78 is 17.0. The molecule has 1 fully saturated rings. The highest BCUT2D eigenvalue weighted by atomic mass is 79.9. The van der Waals surface area contributed by atoms with Gasteiger partial charge in [0.05, 0.1) is 23.9 Å². The van der Waals surface area contributed by atoms with E-state index in [4.69, 9.17) is 20.6 Å². The van der Waals surface area contributed by atoms with Gasteiger partial charge in [0.1, 0.15) is 18.5 Å². The van der Waals surface area contributed by atoms with Gasteiger partial charge in [-0.1, -0.05) is 5.92 Å². The molecule has 1 aromatic heterocycles. The quantitative estimate of drug-likeness (QED) is 0.547. The van der Waals surface area contributed by atoms with Crippen molar-refractivity contribution >= 4 is 27.6 Å². The Bertz CT molecular complexity index is 822. The molecule has 2 heterocycles. The summed E-state index contributed by atoms with van der Waals surface area (Å²) in [4.78, 5) is 10.6. The summed E-state index contributed by atoms with van der Waals surface area (Å²) in [5.74, 6) is 3.82. The molecule has 0 aliphatic carbocycles. The van der Waals surface area contributed by atoms with Crippen molar-refractivity contribution in [2.75, 3.05) is 51.4 Å². The Labute approximate surface area is 178 Å². The first-order valence-corrected chi connectivity index (χ1v) is 10.00. The topological polar surface area (TPSA) is 89.0 Å². The molecule has 0 radical (unpaired) electrons. The maximum absolute atomic E-state index is 10.2. The lowest BCUT2D eigenvalue weighted by Crippen LogP contribution is -2.42. The Hall–Kier alpha value is -2.38. The summed E-state index contributed by atoms with van der Waals surface area (Å²) in [5.41, 5.74) is 0.788. The van der Waals surface area contributed by atoms with Crippen molar-refractivity contribution in [2.45, 2.75) is 6.10 Å². The van der Waals surface area contributed by atoms with E-state index in [1.165, 1.54) is 0 Å². The minimum absolute atomic E-state index is 0.123. The van der Waals surface area contributed by atoms with E-state index in [0.717, 1.165) is 18.8 Å². The van der Waals surface area contributed by atoms with Crippen molar-refractivity contribution in [1.29, 1.82) is 0 Å². The van der Waals surface area contributed by atoms with Gasteiger partial charge in [-0.15, -0.1) is 6.42 Å². The standard InChI is InChI=1S/C20H23BrN4O4/c1-2-9-28-19-18(21)12-22-20(24-19)23-15-3-5-17(6-4-15)29-14-16(26)13-25-7-10-27-11-8-25/h1,3-6,12,16,26H,7-11,13-14H2,(H,22,23,24). The molecular formula is C20H23BrN4O4. The van der Waals surface area contributed by atoms with Gasteiger partial charge in [0.2, 0.25) is 11.8 Å². The van der Waals surface area contributed by atoms with Crippen LogP contribution >= 0.6 is 15.9 Å². The molecule has 0 amide bonds. The van der Waals surface area contributed by atoms with E-state index in [2.05, 4.69) is 42.0 Å². The van der Waals surface area contributed by atoms with Gasteiger partial charge in [-0.25, -0.2) is 4.98 Å². The zero-order valence-corrected chi connectivity index (χ0v) is 17.5. The SMILES string of the molecule is C#CCOc1nc(Nc2ccc(OCC(O)CN3CCOCC3)cc2)ncc1Br. The van der Waals surface area contributed by atoms with Crippen molar-refractivity contribution in [3.63, 3.8) is 0 Å². The Morgan fingerprint density at radius 3 is 2.76 bits per heavy atom. The molecular weight excluding hydrogens is 440 g/mol. The largest absolute Gasteiger partial charge is 0.491 e. The van der Waals surface area contributed by atoms with Crippen LogP contribution in [0.15, 0.2) is 34.9 Å². The van der Waals surface area contributed by atoms with Gasteiger partial charge in [0.15, 0.2) is 6.61 Å². The average Bonchev–Trinajstić information content (AvgIpc) is 2.74. The van der Waals surface area contributed by atoms with Crippen molar-refractivity contribution in [1.82, 2.24) is 14.9 Å². The lowest BCUT2D eigenvalue weighted by Gasteiger charge is -2.28. The van der Waals surface area contributed by atoms with Gasteiger partial charge in [0.25, 0.3) is 0 Å². The molecule has 2 aromatic rings. The molecule has 1 aromatic carbocycles. The number of hydrogen-bond acceptors (Lipinski definition) is 8. The number of benzene rings is 1. The number of nitrogens with one attached hydrogen (secondary N) is 1. The lowest BCUT2D eigenvalue weighted by molar-refractivity contribution is 0.00466. The van der Waals surface area contributed by atoms with Crippen LogP contribution < -0.4 is 14.8 Å². The number of nitrogens with zero attached hydrogens (tertiary/aromatic N) is 3. The van der Waals surface area contributed by atoms with Gasteiger partial charge >= 0.3 is 0 Å². The second-order valence-electron chi connectivity index (χ2n) is 6.37. The Balaban J connectivity index is 1.49. The molecule has 8 nitrogen and oxygen atoms in total. The molecule has 2 N–H and O–H groups in total. The molecule has 1 atom stereocenters. The highest BCUT2D eigenvalue weighted by Crippen LogP contribution is 2.24. The smallest absolute Gasteiger partial charge is 0.233 e. The normalized spacial score (nSPS) is 15.3. The zero-order chi connectivity index (χ0) is 20.5. The number of rotatable bonds is 9. The minimum atomic E-state index is -0.552. The molecule has 1 saturated heterocycles. The number of hydrogen-bond donors (Lipinski definition) is 2. The first-order chi connectivity index (χ1) is 14.1. The third kappa shape index (κ3) is 6.87. The van der Waals surface area contributed by atoms with Crippen molar-refractivity contribution in [3.05, 3.63) is 34.9 Å². The first-order valence-electron chi connectivity index (χ1n) is 9.21. The number of anilines is 2.